The van der Waals surface area contributed by atoms with Crippen LogP contribution in [0, 0.1) is 0 Å². The molecular formula is C16H29N5O3S. The Bertz CT molecular complexity index is 663. The molecule has 0 bridgehead atoms. The van der Waals surface area contributed by atoms with Crippen molar-refractivity contribution in [1.29, 1.82) is 0 Å². The second-order valence-corrected chi connectivity index (χ2v) is 8.31. The lowest BCUT2D eigenvalue weighted by Gasteiger charge is -2.32. The molecule has 1 aromatic heterocycles. The first-order chi connectivity index (χ1) is 12.0. The molecule has 0 amide bonds. The fourth-order valence-electron chi connectivity index (χ4n) is 2.73. The standard InChI is InChI=1S/C16H29N5O3S/c1-4-13-11-15(24-20-13)12-18-16(17-5-2)19-14-7-9-21(10-8-14)25(22,23)6-3/h11,14H,4-10,12H2,1-3H3,(H2,17,18,19). The van der Waals surface area contributed by atoms with Crippen molar-refractivity contribution in [3.8, 4) is 0 Å². The zero-order valence-corrected chi connectivity index (χ0v) is 16.1. The van der Waals surface area contributed by atoms with Crippen molar-refractivity contribution in [2.45, 2.75) is 52.6 Å². The van der Waals surface area contributed by atoms with Gasteiger partial charge in [-0.1, -0.05) is 12.1 Å². The third-order valence-electron chi connectivity index (χ3n) is 4.26. The van der Waals surface area contributed by atoms with E-state index < -0.39 is 10.0 Å². The summed E-state index contributed by atoms with van der Waals surface area (Å²) in [6.07, 6.45) is 2.38. The van der Waals surface area contributed by atoms with E-state index in [-0.39, 0.29) is 11.8 Å². The lowest BCUT2D eigenvalue weighted by molar-refractivity contribution is 0.306. The van der Waals surface area contributed by atoms with Crippen LogP contribution in [0.1, 0.15) is 45.1 Å². The minimum atomic E-state index is -3.09. The molecule has 1 aliphatic rings. The third-order valence-corrected chi connectivity index (χ3v) is 6.14. The molecule has 0 aromatic carbocycles. The Balaban J connectivity index is 1.90. The lowest BCUT2D eigenvalue weighted by Crippen LogP contribution is -2.50. The van der Waals surface area contributed by atoms with Crippen molar-refractivity contribution in [1.82, 2.24) is 20.1 Å². The van der Waals surface area contributed by atoms with E-state index in [1.54, 1.807) is 11.2 Å². The average molecular weight is 372 g/mol. The molecule has 0 aliphatic carbocycles. The van der Waals surface area contributed by atoms with Crippen LogP contribution in [0.4, 0.5) is 0 Å². The molecule has 0 unspecified atom stereocenters. The zero-order valence-electron chi connectivity index (χ0n) is 15.3. The van der Waals surface area contributed by atoms with E-state index in [1.807, 2.05) is 19.9 Å². The van der Waals surface area contributed by atoms with Gasteiger partial charge in [-0.05, 0) is 33.1 Å². The molecule has 0 saturated carbocycles. The Kier molecular flexibility index (Phi) is 7.24. The van der Waals surface area contributed by atoms with Gasteiger partial charge in [0.15, 0.2) is 11.7 Å². The molecule has 0 radical (unpaired) electrons. The summed E-state index contributed by atoms with van der Waals surface area (Å²) < 4.78 is 30.7. The summed E-state index contributed by atoms with van der Waals surface area (Å²) >= 11 is 0. The van der Waals surface area contributed by atoms with Gasteiger partial charge in [0.1, 0.15) is 6.54 Å². The average Bonchev–Trinajstić information content (AvgIpc) is 3.08. The topological polar surface area (TPSA) is 99.8 Å². The first-order valence-corrected chi connectivity index (χ1v) is 10.6. The van der Waals surface area contributed by atoms with Crippen LogP contribution in [0.5, 0.6) is 0 Å². The van der Waals surface area contributed by atoms with Crippen LogP contribution in [-0.4, -0.2) is 55.3 Å². The largest absolute Gasteiger partial charge is 0.359 e. The van der Waals surface area contributed by atoms with Gasteiger partial charge in [0.2, 0.25) is 10.0 Å². The van der Waals surface area contributed by atoms with Gasteiger partial charge in [0, 0.05) is 31.7 Å². The number of aliphatic imine (C=N–C) groups is 1. The summed E-state index contributed by atoms with van der Waals surface area (Å²) in [5.74, 6) is 1.61. The molecule has 2 rings (SSSR count). The molecule has 2 heterocycles. The van der Waals surface area contributed by atoms with Crippen LogP contribution < -0.4 is 10.6 Å². The number of hydrogen-bond donors (Lipinski definition) is 2. The van der Waals surface area contributed by atoms with Crippen molar-refractivity contribution in [3.05, 3.63) is 17.5 Å². The van der Waals surface area contributed by atoms with Crippen molar-refractivity contribution in [2.24, 2.45) is 4.99 Å². The second-order valence-electron chi connectivity index (χ2n) is 6.05. The molecule has 142 valence electrons. The maximum atomic E-state index is 11.9. The summed E-state index contributed by atoms with van der Waals surface area (Å²) in [5, 5.41) is 10.6. The summed E-state index contributed by atoms with van der Waals surface area (Å²) in [6, 6.07) is 2.13. The number of sulfonamides is 1. The molecule has 8 nitrogen and oxygen atoms in total. The summed E-state index contributed by atoms with van der Waals surface area (Å²) in [6.45, 7) is 8.00. The van der Waals surface area contributed by atoms with E-state index in [0.717, 1.165) is 37.3 Å². The van der Waals surface area contributed by atoms with Crippen molar-refractivity contribution in [3.63, 3.8) is 0 Å². The van der Waals surface area contributed by atoms with E-state index in [9.17, 15) is 8.42 Å². The highest BCUT2D eigenvalue weighted by molar-refractivity contribution is 7.89. The quantitative estimate of drug-likeness (QED) is 0.550. The van der Waals surface area contributed by atoms with Gasteiger partial charge in [-0.2, -0.15) is 0 Å². The number of nitrogens with one attached hydrogen (secondary N) is 2. The molecule has 2 N–H and O–H groups in total. The van der Waals surface area contributed by atoms with E-state index in [2.05, 4.69) is 20.8 Å². The highest BCUT2D eigenvalue weighted by atomic mass is 32.2. The van der Waals surface area contributed by atoms with Gasteiger partial charge in [-0.15, -0.1) is 0 Å². The summed E-state index contributed by atoms with van der Waals surface area (Å²) in [4.78, 5) is 4.54. The van der Waals surface area contributed by atoms with Crippen molar-refractivity contribution >= 4 is 16.0 Å². The predicted molar refractivity (Wildman–Crippen MR) is 97.9 cm³/mol. The van der Waals surface area contributed by atoms with Gasteiger partial charge in [0.05, 0.1) is 11.4 Å². The number of aryl methyl sites for hydroxylation is 1. The zero-order chi connectivity index (χ0) is 18.3. The molecule has 0 spiro atoms. The van der Waals surface area contributed by atoms with Crippen LogP contribution in [0.15, 0.2) is 15.6 Å². The lowest BCUT2D eigenvalue weighted by atomic mass is 10.1. The van der Waals surface area contributed by atoms with Crippen LogP contribution in [0.25, 0.3) is 0 Å². The SMILES string of the molecule is CCNC(=NCc1cc(CC)no1)NC1CCN(S(=O)(=O)CC)CC1. The maximum Gasteiger partial charge on any atom is 0.213 e. The van der Waals surface area contributed by atoms with Gasteiger partial charge in [0.25, 0.3) is 0 Å². The van der Waals surface area contributed by atoms with Crippen LogP contribution in [-0.2, 0) is 23.0 Å². The monoisotopic (exact) mass is 371 g/mol. The summed E-state index contributed by atoms with van der Waals surface area (Å²) in [7, 11) is -3.09. The molecular weight excluding hydrogens is 342 g/mol. The third kappa shape index (κ3) is 5.71. The number of hydrogen-bond acceptors (Lipinski definition) is 5. The molecule has 1 aromatic rings. The number of guanidine groups is 1. The van der Waals surface area contributed by atoms with Gasteiger partial charge in [-0.3, -0.25) is 0 Å². The van der Waals surface area contributed by atoms with Crippen LogP contribution in [0.3, 0.4) is 0 Å². The minimum absolute atomic E-state index is 0.159. The van der Waals surface area contributed by atoms with Gasteiger partial charge >= 0.3 is 0 Å². The number of aromatic nitrogens is 1. The Morgan fingerprint density at radius 2 is 2.08 bits per heavy atom. The Morgan fingerprint density at radius 3 is 2.64 bits per heavy atom. The molecule has 1 aliphatic heterocycles. The molecule has 1 fully saturated rings. The van der Waals surface area contributed by atoms with E-state index in [4.69, 9.17) is 4.52 Å². The number of nitrogens with zero attached hydrogens (tertiary/aromatic N) is 3. The Hall–Kier alpha value is -1.61. The first kappa shape index (κ1) is 19.7. The second kappa shape index (κ2) is 9.19. The van der Waals surface area contributed by atoms with E-state index >= 15 is 0 Å². The van der Waals surface area contributed by atoms with Gasteiger partial charge in [-0.25, -0.2) is 17.7 Å². The number of rotatable bonds is 7. The Morgan fingerprint density at radius 1 is 1.36 bits per heavy atom. The number of piperidine rings is 1. The van der Waals surface area contributed by atoms with E-state index in [0.29, 0.717) is 25.6 Å². The van der Waals surface area contributed by atoms with Crippen molar-refractivity contribution in [2.75, 3.05) is 25.4 Å². The highest BCUT2D eigenvalue weighted by Gasteiger charge is 2.26. The fourth-order valence-corrected chi connectivity index (χ4v) is 3.86. The first-order valence-electron chi connectivity index (χ1n) is 8.95. The van der Waals surface area contributed by atoms with Crippen molar-refractivity contribution < 1.29 is 12.9 Å². The summed E-state index contributed by atoms with van der Waals surface area (Å²) in [5.41, 5.74) is 0.924. The Labute approximate surface area is 150 Å². The molecule has 1 saturated heterocycles. The maximum absolute atomic E-state index is 11.9. The molecule has 9 heteroatoms. The van der Waals surface area contributed by atoms with Gasteiger partial charge < -0.3 is 15.2 Å². The normalized spacial score (nSPS) is 17.6. The van der Waals surface area contributed by atoms with E-state index in [1.165, 1.54) is 0 Å². The molecule has 0 atom stereocenters. The fraction of sp³-hybridized carbons (Fsp3) is 0.750. The highest BCUT2D eigenvalue weighted by Crippen LogP contribution is 2.14. The van der Waals surface area contributed by atoms with Crippen LogP contribution >= 0.6 is 0 Å². The molecule has 25 heavy (non-hydrogen) atoms. The minimum Gasteiger partial charge on any atom is -0.359 e. The predicted octanol–water partition coefficient (Wildman–Crippen LogP) is 1.11. The smallest absolute Gasteiger partial charge is 0.213 e. The van der Waals surface area contributed by atoms with Crippen LogP contribution in [0.2, 0.25) is 0 Å².